The van der Waals surface area contributed by atoms with Crippen LogP contribution in [0.15, 0.2) is 121 Å². The Bertz CT molecular complexity index is 1610. The number of allylic oxidation sites excluding steroid dienone is 4. The molecule has 0 N–H and O–H groups in total. The van der Waals surface area contributed by atoms with Gasteiger partial charge < -0.3 is 0 Å². The Balaban J connectivity index is 0.00000172. The van der Waals surface area contributed by atoms with Gasteiger partial charge in [0.2, 0.25) is 0 Å². The van der Waals surface area contributed by atoms with Crippen LogP contribution >= 0.6 is 0 Å². The molecule has 0 aliphatic heterocycles. The molecule has 0 fully saturated rings. The maximum Gasteiger partial charge on any atom is -0.00987 e. The SMILES string of the molecule is CC.CC/C(C)=C\C(=C/[C@H](C)CC)c1cccc(-c2ccc(-c3cccc4ccccc34)c3ccccc23)c1. The van der Waals surface area contributed by atoms with E-state index in [-0.39, 0.29) is 0 Å². The smallest absolute Gasteiger partial charge is 0.00987 e. The van der Waals surface area contributed by atoms with E-state index in [1.807, 2.05) is 13.8 Å². The zero-order valence-corrected chi connectivity index (χ0v) is 24.5. The monoisotopic (exact) mass is 510 g/mol. The van der Waals surface area contributed by atoms with Gasteiger partial charge in [0.15, 0.2) is 0 Å². The second-order valence-corrected chi connectivity index (χ2v) is 10.2. The van der Waals surface area contributed by atoms with Crippen LogP contribution in [-0.2, 0) is 0 Å². The van der Waals surface area contributed by atoms with E-state index in [1.165, 1.54) is 60.5 Å². The first-order valence-electron chi connectivity index (χ1n) is 14.6. The number of fused-ring (bicyclic) bond motifs is 2. The molecule has 0 nitrogen and oxygen atoms in total. The van der Waals surface area contributed by atoms with E-state index in [9.17, 15) is 0 Å². The van der Waals surface area contributed by atoms with Gasteiger partial charge in [0.25, 0.3) is 0 Å². The van der Waals surface area contributed by atoms with Crippen LogP contribution in [0.3, 0.4) is 0 Å². The van der Waals surface area contributed by atoms with Crippen molar-refractivity contribution in [2.24, 2.45) is 5.92 Å². The molecule has 0 amide bonds. The van der Waals surface area contributed by atoms with E-state index in [0.29, 0.717) is 5.92 Å². The third kappa shape index (κ3) is 6.23. The first-order valence-corrected chi connectivity index (χ1v) is 14.6. The Morgan fingerprint density at radius 3 is 1.97 bits per heavy atom. The highest BCUT2D eigenvalue weighted by Gasteiger charge is 2.12. The summed E-state index contributed by atoms with van der Waals surface area (Å²) in [6.07, 6.45) is 7.01. The maximum absolute atomic E-state index is 2.43. The molecule has 5 aromatic rings. The number of benzene rings is 5. The molecule has 0 aliphatic rings. The van der Waals surface area contributed by atoms with Gasteiger partial charge >= 0.3 is 0 Å². The van der Waals surface area contributed by atoms with Gasteiger partial charge in [-0.1, -0.05) is 156 Å². The Labute approximate surface area is 235 Å². The van der Waals surface area contributed by atoms with Gasteiger partial charge in [-0.15, -0.1) is 0 Å². The summed E-state index contributed by atoms with van der Waals surface area (Å²) in [6, 6.07) is 37.8. The quantitative estimate of drug-likeness (QED) is 0.191. The van der Waals surface area contributed by atoms with E-state index in [1.54, 1.807) is 0 Å². The first-order chi connectivity index (χ1) is 19.1. The van der Waals surface area contributed by atoms with Gasteiger partial charge in [0.1, 0.15) is 0 Å². The predicted octanol–water partition coefficient (Wildman–Crippen LogP) is 12.1. The molecule has 0 radical (unpaired) electrons. The van der Waals surface area contributed by atoms with Gasteiger partial charge in [-0.2, -0.15) is 0 Å². The summed E-state index contributed by atoms with van der Waals surface area (Å²) in [5, 5.41) is 5.15. The Morgan fingerprint density at radius 1 is 0.667 bits per heavy atom. The second-order valence-electron chi connectivity index (χ2n) is 10.2. The molecule has 1 atom stereocenters. The van der Waals surface area contributed by atoms with Crippen molar-refractivity contribution in [3.63, 3.8) is 0 Å². The summed E-state index contributed by atoms with van der Waals surface area (Å²) in [5.74, 6) is 0.542. The fraction of sp³-hybridized carbons (Fsp3) is 0.231. The van der Waals surface area contributed by atoms with Crippen molar-refractivity contribution >= 4 is 27.1 Å². The molecule has 0 aliphatic carbocycles. The van der Waals surface area contributed by atoms with E-state index < -0.39 is 0 Å². The van der Waals surface area contributed by atoms with Gasteiger partial charge in [0, 0.05) is 0 Å². The fourth-order valence-electron chi connectivity index (χ4n) is 5.13. The summed E-state index contributed by atoms with van der Waals surface area (Å²) < 4.78 is 0. The van der Waals surface area contributed by atoms with Crippen LogP contribution in [0.25, 0.3) is 49.4 Å². The molecule has 0 heteroatoms. The topological polar surface area (TPSA) is 0 Å². The molecule has 0 heterocycles. The van der Waals surface area contributed by atoms with Gasteiger partial charge in [0.05, 0.1) is 0 Å². The molecule has 0 spiro atoms. The highest BCUT2D eigenvalue weighted by atomic mass is 14.2. The first kappa shape index (κ1) is 28.1. The van der Waals surface area contributed by atoms with Crippen LogP contribution in [0.2, 0.25) is 0 Å². The number of hydrogen-bond donors (Lipinski definition) is 0. The molecular weight excluding hydrogens is 468 g/mol. The van der Waals surface area contributed by atoms with Crippen molar-refractivity contribution in [1.29, 1.82) is 0 Å². The summed E-state index contributed by atoms with van der Waals surface area (Å²) in [7, 11) is 0. The number of hydrogen-bond acceptors (Lipinski definition) is 0. The van der Waals surface area contributed by atoms with Crippen molar-refractivity contribution in [3.05, 3.63) is 126 Å². The van der Waals surface area contributed by atoms with Crippen LogP contribution in [0.1, 0.15) is 59.9 Å². The summed E-state index contributed by atoms with van der Waals surface area (Å²) in [5.41, 5.74) is 9.13. The molecule has 198 valence electrons. The molecule has 0 saturated heterocycles. The average molecular weight is 511 g/mol. The lowest BCUT2D eigenvalue weighted by atomic mass is 9.89. The van der Waals surface area contributed by atoms with Gasteiger partial charge in [-0.3, -0.25) is 0 Å². The Hall–Kier alpha value is -3.90. The molecule has 39 heavy (non-hydrogen) atoms. The minimum atomic E-state index is 0.542. The van der Waals surface area contributed by atoms with E-state index in [4.69, 9.17) is 0 Å². The normalized spacial score (nSPS) is 12.8. The maximum atomic E-state index is 2.43. The van der Waals surface area contributed by atoms with E-state index in [2.05, 4.69) is 143 Å². The van der Waals surface area contributed by atoms with E-state index >= 15 is 0 Å². The minimum Gasteiger partial charge on any atom is -0.0738 e. The van der Waals surface area contributed by atoms with Crippen LogP contribution in [0, 0.1) is 5.92 Å². The molecule has 0 unspecified atom stereocenters. The molecular formula is C39H42. The lowest BCUT2D eigenvalue weighted by Crippen LogP contribution is -1.92. The standard InChI is InChI=1S/C37H36.C2H6/c1-5-26(3)23-31(24-27(4)6-2)29-15-11-16-30(25-29)33-21-22-37(36-19-10-9-18-34(33)36)35-20-12-14-28-13-7-8-17-32(28)35;1-2/h7-26H,5-6H2,1-4H3;1-2H3/b27-24-,31-23+;/t26-;/m1./s1. The number of rotatable bonds is 7. The van der Waals surface area contributed by atoms with Gasteiger partial charge in [-0.05, 0) is 80.3 Å². The average Bonchev–Trinajstić information content (AvgIpc) is 3.00. The lowest BCUT2D eigenvalue weighted by Gasteiger charge is -2.15. The molecule has 0 aromatic heterocycles. The van der Waals surface area contributed by atoms with Gasteiger partial charge in [-0.25, -0.2) is 0 Å². The Kier molecular flexibility index (Phi) is 9.55. The lowest BCUT2D eigenvalue weighted by molar-refractivity contribution is 0.700. The highest BCUT2D eigenvalue weighted by molar-refractivity contribution is 6.09. The summed E-state index contributed by atoms with van der Waals surface area (Å²) in [4.78, 5) is 0. The van der Waals surface area contributed by atoms with Crippen LogP contribution in [0.4, 0.5) is 0 Å². The third-order valence-corrected chi connectivity index (χ3v) is 7.58. The fourth-order valence-corrected chi connectivity index (χ4v) is 5.13. The van der Waals surface area contributed by atoms with Crippen LogP contribution in [0.5, 0.6) is 0 Å². The van der Waals surface area contributed by atoms with Crippen LogP contribution in [-0.4, -0.2) is 0 Å². The molecule has 0 saturated carbocycles. The predicted molar refractivity (Wildman–Crippen MR) is 175 cm³/mol. The zero-order valence-electron chi connectivity index (χ0n) is 24.5. The molecule has 0 bridgehead atoms. The van der Waals surface area contributed by atoms with Crippen molar-refractivity contribution < 1.29 is 0 Å². The van der Waals surface area contributed by atoms with Crippen molar-refractivity contribution in [3.8, 4) is 22.3 Å². The third-order valence-electron chi connectivity index (χ3n) is 7.58. The van der Waals surface area contributed by atoms with Crippen molar-refractivity contribution in [1.82, 2.24) is 0 Å². The largest absolute Gasteiger partial charge is 0.0738 e. The second kappa shape index (κ2) is 13.3. The van der Waals surface area contributed by atoms with E-state index in [0.717, 1.165) is 12.8 Å². The highest BCUT2D eigenvalue weighted by Crippen LogP contribution is 2.39. The summed E-state index contributed by atoms with van der Waals surface area (Å²) in [6.45, 7) is 13.0. The van der Waals surface area contributed by atoms with Crippen LogP contribution < -0.4 is 0 Å². The minimum absolute atomic E-state index is 0.542. The molecule has 5 rings (SSSR count). The summed E-state index contributed by atoms with van der Waals surface area (Å²) >= 11 is 0. The zero-order chi connectivity index (χ0) is 27.8. The molecule has 5 aromatic carbocycles. The Morgan fingerprint density at radius 2 is 1.26 bits per heavy atom. The van der Waals surface area contributed by atoms with Crippen molar-refractivity contribution in [2.75, 3.05) is 0 Å². The van der Waals surface area contributed by atoms with Crippen molar-refractivity contribution in [2.45, 2.75) is 54.4 Å².